The fourth-order valence-electron chi connectivity index (χ4n) is 3.12. The van der Waals surface area contributed by atoms with E-state index in [0.717, 1.165) is 25.2 Å². The number of nitrogens with two attached hydrogens (primary N) is 1. The Morgan fingerprint density at radius 2 is 2.05 bits per heavy atom. The molecule has 5 heteroatoms. The molecule has 1 fully saturated rings. The van der Waals surface area contributed by atoms with Gasteiger partial charge in [0.25, 0.3) is 0 Å². The highest BCUT2D eigenvalue weighted by Crippen LogP contribution is 2.26. The molecule has 2 rings (SSSR count). The second-order valence-electron chi connectivity index (χ2n) is 6.14. The van der Waals surface area contributed by atoms with Gasteiger partial charge < -0.3 is 10.6 Å². The van der Waals surface area contributed by atoms with E-state index in [4.69, 9.17) is 17.3 Å². The Morgan fingerprint density at radius 3 is 2.62 bits per heavy atom. The van der Waals surface area contributed by atoms with Crippen LogP contribution in [0.3, 0.4) is 0 Å². The van der Waals surface area contributed by atoms with Gasteiger partial charge in [-0.15, -0.1) is 0 Å². The van der Waals surface area contributed by atoms with Crippen molar-refractivity contribution in [3.63, 3.8) is 0 Å². The summed E-state index contributed by atoms with van der Waals surface area (Å²) in [5.74, 6) is 0.382. The van der Waals surface area contributed by atoms with Crippen LogP contribution in [-0.2, 0) is 0 Å². The zero-order valence-corrected chi connectivity index (χ0v) is 13.6. The highest BCUT2D eigenvalue weighted by molar-refractivity contribution is 6.30. The summed E-state index contributed by atoms with van der Waals surface area (Å²) in [6.45, 7) is 3.75. The van der Waals surface area contributed by atoms with Gasteiger partial charge in [0.15, 0.2) is 0 Å². The Labute approximate surface area is 131 Å². The predicted molar refractivity (Wildman–Crippen MR) is 86.1 cm³/mol. The van der Waals surface area contributed by atoms with Crippen LogP contribution in [0.15, 0.2) is 18.2 Å². The molecule has 0 aromatic heterocycles. The summed E-state index contributed by atoms with van der Waals surface area (Å²) in [6.07, 6.45) is 2.42. The van der Waals surface area contributed by atoms with Gasteiger partial charge in [-0.1, -0.05) is 11.6 Å². The number of nitrogens with zero attached hydrogens (tertiary/aromatic N) is 2. The van der Waals surface area contributed by atoms with E-state index in [-0.39, 0.29) is 11.9 Å². The molecule has 0 amide bonds. The summed E-state index contributed by atoms with van der Waals surface area (Å²) in [5, 5.41) is 0.427. The van der Waals surface area contributed by atoms with Gasteiger partial charge in [-0.25, -0.2) is 4.39 Å². The van der Waals surface area contributed by atoms with Crippen molar-refractivity contribution in [2.45, 2.75) is 18.9 Å². The lowest BCUT2D eigenvalue weighted by atomic mass is 9.95. The number of benzene rings is 1. The Hall–Kier alpha value is -0.680. The third-order valence-corrected chi connectivity index (χ3v) is 4.63. The van der Waals surface area contributed by atoms with Crippen molar-refractivity contribution in [3.8, 4) is 0 Å². The van der Waals surface area contributed by atoms with Crippen molar-refractivity contribution in [3.05, 3.63) is 34.6 Å². The number of halogens is 2. The van der Waals surface area contributed by atoms with Crippen molar-refractivity contribution < 1.29 is 4.39 Å². The molecule has 0 spiro atoms. The molecule has 1 aliphatic rings. The van der Waals surface area contributed by atoms with Gasteiger partial charge >= 0.3 is 0 Å². The smallest absolute Gasteiger partial charge is 0.125 e. The SMILES string of the molecule is CN1CCC(CN(C)C(CN)c2cc(F)cc(Cl)c2)CC1. The van der Waals surface area contributed by atoms with E-state index < -0.39 is 0 Å². The van der Waals surface area contributed by atoms with E-state index >= 15 is 0 Å². The van der Waals surface area contributed by atoms with Crippen molar-refractivity contribution in [1.82, 2.24) is 9.80 Å². The fraction of sp³-hybridized carbons (Fsp3) is 0.625. The van der Waals surface area contributed by atoms with Gasteiger partial charge in [0.05, 0.1) is 0 Å². The lowest BCUT2D eigenvalue weighted by Gasteiger charge is -2.35. The predicted octanol–water partition coefficient (Wildman–Crippen LogP) is 2.75. The second-order valence-corrected chi connectivity index (χ2v) is 6.58. The lowest BCUT2D eigenvalue weighted by molar-refractivity contribution is 0.151. The van der Waals surface area contributed by atoms with E-state index in [0.29, 0.717) is 17.5 Å². The second kappa shape index (κ2) is 7.54. The third-order valence-electron chi connectivity index (χ3n) is 4.41. The van der Waals surface area contributed by atoms with E-state index in [1.807, 2.05) is 6.07 Å². The Balaban J connectivity index is 2.02. The van der Waals surface area contributed by atoms with Gasteiger partial charge in [-0.2, -0.15) is 0 Å². The summed E-state index contributed by atoms with van der Waals surface area (Å²) in [4.78, 5) is 4.60. The minimum Gasteiger partial charge on any atom is -0.329 e. The quantitative estimate of drug-likeness (QED) is 0.907. The summed E-state index contributed by atoms with van der Waals surface area (Å²) in [6, 6.07) is 4.69. The molecule has 21 heavy (non-hydrogen) atoms. The molecule has 1 unspecified atom stereocenters. The van der Waals surface area contributed by atoms with Crippen molar-refractivity contribution in [1.29, 1.82) is 0 Å². The van der Waals surface area contributed by atoms with E-state index in [2.05, 4.69) is 23.9 Å². The summed E-state index contributed by atoms with van der Waals surface area (Å²) in [7, 11) is 4.23. The summed E-state index contributed by atoms with van der Waals surface area (Å²) in [5.41, 5.74) is 6.78. The molecule has 0 bridgehead atoms. The van der Waals surface area contributed by atoms with E-state index in [1.165, 1.54) is 25.0 Å². The van der Waals surface area contributed by atoms with Crippen LogP contribution in [0.25, 0.3) is 0 Å². The molecule has 118 valence electrons. The van der Waals surface area contributed by atoms with Crippen LogP contribution in [0.1, 0.15) is 24.4 Å². The minimum absolute atomic E-state index is 0.0119. The highest BCUT2D eigenvalue weighted by Gasteiger charge is 2.22. The molecule has 1 heterocycles. The van der Waals surface area contributed by atoms with Crippen LogP contribution >= 0.6 is 11.6 Å². The molecular formula is C16H25ClFN3. The van der Waals surface area contributed by atoms with Gasteiger partial charge in [-0.05, 0) is 69.7 Å². The zero-order chi connectivity index (χ0) is 15.4. The Morgan fingerprint density at radius 1 is 1.38 bits per heavy atom. The Kier molecular flexibility index (Phi) is 5.99. The molecule has 1 aromatic rings. The normalized spacial score (nSPS) is 19.1. The molecule has 1 atom stereocenters. The number of piperidine rings is 1. The fourth-order valence-corrected chi connectivity index (χ4v) is 3.35. The van der Waals surface area contributed by atoms with Gasteiger partial charge in [0.2, 0.25) is 0 Å². The number of hydrogen-bond acceptors (Lipinski definition) is 3. The molecule has 0 radical (unpaired) electrons. The number of rotatable bonds is 5. The first-order chi connectivity index (χ1) is 9.99. The van der Waals surface area contributed by atoms with Gasteiger partial charge in [-0.3, -0.25) is 4.90 Å². The molecule has 0 saturated carbocycles. The summed E-state index contributed by atoms with van der Waals surface area (Å²) >= 11 is 5.96. The monoisotopic (exact) mass is 313 g/mol. The minimum atomic E-state index is -0.302. The van der Waals surface area contributed by atoms with Crippen molar-refractivity contribution >= 4 is 11.6 Å². The maximum atomic E-state index is 13.5. The maximum absolute atomic E-state index is 13.5. The molecule has 1 aromatic carbocycles. The third kappa shape index (κ3) is 4.65. The summed E-state index contributed by atoms with van der Waals surface area (Å²) < 4.78 is 13.5. The van der Waals surface area contributed by atoms with Crippen LogP contribution in [0.5, 0.6) is 0 Å². The molecule has 1 saturated heterocycles. The van der Waals surface area contributed by atoms with Crippen LogP contribution in [0.4, 0.5) is 4.39 Å². The van der Waals surface area contributed by atoms with Gasteiger partial charge in [0.1, 0.15) is 5.82 Å². The molecule has 1 aliphatic heterocycles. The first-order valence-corrected chi connectivity index (χ1v) is 7.92. The van der Waals surface area contributed by atoms with Crippen LogP contribution < -0.4 is 5.73 Å². The molecule has 0 aliphatic carbocycles. The first-order valence-electron chi connectivity index (χ1n) is 7.54. The first kappa shape index (κ1) is 16.7. The highest BCUT2D eigenvalue weighted by atomic mass is 35.5. The van der Waals surface area contributed by atoms with Crippen LogP contribution in [0, 0.1) is 11.7 Å². The van der Waals surface area contributed by atoms with Gasteiger partial charge in [0, 0.05) is 24.2 Å². The van der Waals surface area contributed by atoms with E-state index in [9.17, 15) is 4.39 Å². The van der Waals surface area contributed by atoms with Crippen LogP contribution in [-0.4, -0.2) is 50.1 Å². The number of likely N-dealkylation sites (N-methyl/N-ethyl adjacent to an activating group) is 1. The largest absolute Gasteiger partial charge is 0.329 e. The average molecular weight is 314 g/mol. The molecule has 2 N–H and O–H groups in total. The number of likely N-dealkylation sites (tertiary alicyclic amines) is 1. The standard InChI is InChI=1S/C16H25ClFN3/c1-20-5-3-12(4-6-20)11-21(2)16(10-19)13-7-14(17)9-15(18)8-13/h7-9,12,16H,3-6,10-11,19H2,1-2H3. The zero-order valence-electron chi connectivity index (χ0n) is 12.9. The van der Waals surface area contributed by atoms with E-state index in [1.54, 1.807) is 0 Å². The number of hydrogen-bond donors (Lipinski definition) is 1. The maximum Gasteiger partial charge on any atom is 0.125 e. The Bertz CT molecular complexity index is 441. The van der Waals surface area contributed by atoms with Crippen molar-refractivity contribution in [2.75, 3.05) is 40.3 Å². The molecule has 3 nitrogen and oxygen atoms in total. The molecular weight excluding hydrogens is 289 g/mol. The topological polar surface area (TPSA) is 32.5 Å². The lowest BCUT2D eigenvalue weighted by Crippen LogP contribution is -2.38. The van der Waals surface area contributed by atoms with Crippen LogP contribution in [0.2, 0.25) is 5.02 Å². The van der Waals surface area contributed by atoms with Crippen molar-refractivity contribution in [2.24, 2.45) is 11.7 Å². The average Bonchev–Trinajstić information content (AvgIpc) is 2.41.